The largest absolute Gasteiger partial charge is 0.339 e. The molecule has 3 rings (SSSR count). The molecule has 2 aromatic carbocycles. The van der Waals surface area contributed by atoms with Crippen LogP contribution in [0, 0.1) is 0 Å². The molecule has 0 unspecified atom stereocenters. The minimum Gasteiger partial charge on any atom is -0.307 e. The molecule has 0 aliphatic carbocycles. The van der Waals surface area contributed by atoms with Crippen LogP contribution in [-0.4, -0.2) is 17.2 Å². The number of rotatable bonds is 4. The van der Waals surface area contributed by atoms with Crippen molar-refractivity contribution < 1.29 is 4.79 Å². The monoisotopic (exact) mass is 356 g/mol. The highest BCUT2D eigenvalue weighted by atomic mass is 35.5. The summed E-state index contributed by atoms with van der Waals surface area (Å²) in [5.74, 6) is 0. The summed E-state index contributed by atoms with van der Waals surface area (Å²) in [4.78, 5) is 16.1. The number of nitrogens with one attached hydrogen (secondary N) is 2. The van der Waals surface area contributed by atoms with Gasteiger partial charge in [-0.1, -0.05) is 41.9 Å². The summed E-state index contributed by atoms with van der Waals surface area (Å²) >= 11 is 7.37. The molecular formula is C17H13ClN4OS. The molecule has 0 atom stereocenters. The number of hydrogen-bond acceptors (Lipinski definition) is 4. The lowest BCUT2D eigenvalue weighted by molar-refractivity contribution is 0.252. The zero-order valence-corrected chi connectivity index (χ0v) is 14.0. The van der Waals surface area contributed by atoms with Crippen LogP contribution in [0.2, 0.25) is 5.02 Å². The first-order valence-corrected chi connectivity index (χ1v) is 8.33. The quantitative estimate of drug-likeness (QED) is 0.529. The first-order chi connectivity index (χ1) is 11.7. The molecule has 7 heteroatoms. The van der Waals surface area contributed by atoms with Gasteiger partial charge < -0.3 is 5.32 Å². The van der Waals surface area contributed by atoms with Gasteiger partial charge in [0.15, 0.2) is 0 Å². The Morgan fingerprint density at radius 2 is 1.88 bits per heavy atom. The maximum atomic E-state index is 11.7. The van der Waals surface area contributed by atoms with E-state index in [1.165, 1.54) is 17.6 Å². The molecule has 0 aliphatic rings. The van der Waals surface area contributed by atoms with Crippen molar-refractivity contribution in [3.05, 3.63) is 70.7 Å². The predicted molar refractivity (Wildman–Crippen MR) is 98.8 cm³/mol. The Morgan fingerprint density at radius 3 is 2.62 bits per heavy atom. The van der Waals surface area contributed by atoms with Crippen molar-refractivity contribution in [1.29, 1.82) is 0 Å². The molecule has 120 valence electrons. The van der Waals surface area contributed by atoms with Gasteiger partial charge in [0.2, 0.25) is 0 Å². The van der Waals surface area contributed by atoms with Crippen LogP contribution in [0.3, 0.4) is 0 Å². The molecule has 1 heterocycles. The number of carbonyl (C=O) groups is 1. The van der Waals surface area contributed by atoms with Crippen molar-refractivity contribution in [2.75, 3.05) is 5.32 Å². The van der Waals surface area contributed by atoms with Gasteiger partial charge in [-0.25, -0.2) is 15.2 Å². The molecule has 5 nitrogen and oxygen atoms in total. The van der Waals surface area contributed by atoms with Gasteiger partial charge in [0, 0.05) is 21.7 Å². The van der Waals surface area contributed by atoms with Crippen LogP contribution in [0.5, 0.6) is 0 Å². The molecule has 0 radical (unpaired) electrons. The summed E-state index contributed by atoms with van der Waals surface area (Å²) in [6, 6.07) is 16.2. The third-order valence-electron chi connectivity index (χ3n) is 3.01. The van der Waals surface area contributed by atoms with Gasteiger partial charge in [-0.15, -0.1) is 11.3 Å². The standard InChI is InChI=1S/C17H13ClN4OS/c18-13-8-6-12(7-9-13)16-20-15(11-24-16)10-19-22-17(23)21-14-4-2-1-3-5-14/h1-11H,(H2,21,22,23)/b19-10-. The highest BCUT2D eigenvalue weighted by molar-refractivity contribution is 7.13. The molecule has 3 aromatic rings. The average Bonchev–Trinajstić information content (AvgIpc) is 3.05. The highest BCUT2D eigenvalue weighted by Gasteiger charge is 2.04. The Hall–Kier alpha value is -2.70. The zero-order valence-electron chi connectivity index (χ0n) is 12.4. The number of amides is 2. The number of benzene rings is 2. The maximum absolute atomic E-state index is 11.7. The number of nitrogens with zero attached hydrogens (tertiary/aromatic N) is 2. The Labute approximate surface area is 148 Å². The smallest absolute Gasteiger partial charge is 0.307 e. The lowest BCUT2D eigenvalue weighted by Crippen LogP contribution is -2.24. The van der Waals surface area contributed by atoms with E-state index in [1.54, 1.807) is 12.1 Å². The number of anilines is 1. The lowest BCUT2D eigenvalue weighted by atomic mass is 10.2. The average molecular weight is 357 g/mol. The third-order valence-corrected chi connectivity index (χ3v) is 4.17. The van der Waals surface area contributed by atoms with E-state index in [9.17, 15) is 4.79 Å². The summed E-state index contributed by atoms with van der Waals surface area (Å²) < 4.78 is 0. The van der Waals surface area contributed by atoms with E-state index in [1.807, 2.05) is 47.8 Å². The van der Waals surface area contributed by atoms with E-state index in [2.05, 4.69) is 20.8 Å². The molecule has 0 spiro atoms. The summed E-state index contributed by atoms with van der Waals surface area (Å²) in [7, 11) is 0. The van der Waals surface area contributed by atoms with E-state index in [0.717, 1.165) is 10.6 Å². The number of halogens is 1. The molecule has 0 aliphatic heterocycles. The molecule has 24 heavy (non-hydrogen) atoms. The number of hydrazone groups is 1. The minimum atomic E-state index is -0.411. The normalized spacial score (nSPS) is 10.7. The summed E-state index contributed by atoms with van der Waals surface area (Å²) in [6.07, 6.45) is 1.50. The van der Waals surface area contributed by atoms with Crippen LogP contribution in [0.4, 0.5) is 10.5 Å². The Morgan fingerprint density at radius 1 is 1.12 bits per heavy atom. The number of hydrogen-bond donors (Lipinski definition) is 2. The first-order valence-electron chi connectivity index (χ1n) is 7.07. The number of carbonyl (C=O) groups excluding carboxylic acids is 1. The van der Waals surface area contributed by atoms with Gasteiger partial charge >= 0.3 is 6.03 Å². The van der Waals surface area contributed by atoms with E-state index in [4.69, 9.17) is 11.6 Å². The molecular weight excluding hydrogens is 344 g/mol. The van der Waals surface area contributed by atoms with Gasteiger partial charge in [-0.05, 0) is 24.3 Å². The maximum Gasteiger partial charge on any atom is 0.339 e. The van der Waals surface area contributed by atoms with Crippen LogP contribution >= 0.6 is 22.9 Å². The fourth-order valence-electron chi connectivity index (χ4n) is 1.91. The summed E-state index contributed by atoms with van der Waals surface area (Å²) in [6.45, 7) is 0. The fraction of sp³-hybridized carbons (Fsp3) is 0. The SMILES string of the molecule is O=C(N/N=C\c1csc(-c2ccc(Cl)cc2)n1)Nc1ccccc1. The van der Waals surface area contributed by atoms with Gasteiger partial charge in [0.25, 0.3) is 0 Å². The Balaban J connectivity index is 1.57. The van der Waals surface area contributed by atoms with Crippen molar-refractivity contribution in [3.63, 3.8) is 0 Å². The van der Waals surface area contributed by atoms with E-state index in [0.29, 0.717) is 16.4 Å². The molecule has 0 fully saturated rings. The van der Waals surface area contributed by atoms with Crippen molar-refractivity contribution in [3.8, 4) is 10.6 Å². The molecule has 2 N–H and O–H groups in total. The van der Waals surface area contributed by atoms with Crippen molar-refractivity contribution >= 4 is 40.9 Å². The van der Waals surface area contributed by atoms with E-state index < -0.39 is 6.03 Å². The molecule has 0 bridgehead atoms. The van der Waals surface area contributed by atoms with E-state index >= 15 is 0 Å². The number of thiazole rings is 1. The predicted octanol–water partition coefficient (Wildman–Crippen LogP) is 4.62. The van der Waals surface area contributed by atoms with Crippen molar-refractivity contribution in [2.45, 2.75) is 0 Å². The van der Waals surface area contributed by atoms with Crippen LogP contribution < -0.4 is 10.7 Å². The number of urea groups is 1. The molecule has 0 saturated carbocycles. The Bertz CT molecular complexity index is 847. The van der Waals surface area contributed by atoms with Crippen LogP contribution in [0.15, 0.2) is 65.1 Å². The fourth-order valence-corrected chi connectivity index (χ4v) is 2.81. The summed E-state index contributed by atoms with van der Waals surface area (Å²) in [5, 5.41) is 9.98. The van der Waals surface area contributed by atoms with Crippen molar-refractivity contribution in [1.82, 2.24) is 10.4 Å². The van der Waals surface area contributed by atoms with Gasteiger partial charge in [-0.3, -0.25) is 0 Å². The topological polar surface area (TPSA) is 66.4 Å². The van der Waals surface area contributed by atoms with Gasteiger partial charge in [0.1, 0.15) is 5.01 Å². The van der Waals surface area contributed by atoms with Crippen LogP contribution in [0.1, 0.15) is 5.69 Å². The second kappa shape index (κ2) is 7.72. The Kier molecular flexibility index (Phi) is 5.20. The van der Waals surface area contributed by atoms with Crippen LogP contribution in [-0.2, 0) is 0 Å². The second-order valence-electron chi connectivity index (χ2n) is 4.77. The molecule has 2 amide bonds. The third kappa shape index (κ3) is 4.41. The van der Waals surface area contributed by atoms with Crippen molar-refractivity contribution in [2.24, 2.45) is 5.10 Å². The lowest BCUT2D eigenvalue weighted by Gasteiger charge is -2.02. The molecule has 0 saturated heterocycles. The van der Waals surface area contributed by atoms with E-state index in [-0.39, 0.29) is 0 Å². The number of para-hydroxylation sites is 1. The molecule has 1 aromatic heterocycles. The first kappa shape index (κ1) is 16.2. The van der Waals surface area contributed by atoms with Crippen LogP contribution in [0.25, 0.3) is 10.6 Å². The minimum absolute atomic E-state index is 0.411. The van der Waals surface area contributed by atoms with Gasteiger partial charge in [0.05, 0.1) is 11.9 Å². The number of aromatic nitrogens is 1. The van der Waals surface area contributed by atoms with Gasteiger partial charge in [-0.2, -0.15) is 5.10 Å². The second-order valence-corrected chi connectivity index (χ2v) is 6.07. The highest BCUT2D eigenvalue weighted by Crippen LogP contribution is 2.24. The zero-order chi connectivity index (χ0) is 16.8. The summed E-state index contributed by atoms with van der Waals surface area (Å²) in [5.41, 5.74) is 4.76.